The van der Waals surface area contributed by atoms with Gasteiger partial charge < -0.3 is 4.74 Å². The predicted octanol–water partition coefficient (Wildman–Crippen LogP) is 1.85. The lowest BCUT2D eigenvalue weighted by atomic mass is 9.51. The molecule has 1 aromatic carbocycles. The summed E-state index contributed by atoms with van der Waals surface area (Å²) in [5.41, 5.74) is 0.675. The largest absolute Gasteiger partial charge is 0.378 e. The van der Waals surface area contributed by atoms with Crippen molar-refractivity contribution in [2.75, 3.05) is 6.61 Å². The van der Waals surface area contributed by atoms with Crippen LogP contribution in [0.4, 0.5) is 0 Å². The summed E-state index contributed by atoms with van der Waals surface area (Å²) in [5, 5.41) is 7.42. The first-order valence-corrected chi connectivity index (χ1v) is 9.40. The summed E-state index contributed by atoms with van der Waals surface area (Å²) >= 11 is 0. The molecule has 2 aliphatic rings. The lowest BCUT2D eigenvalue weighted by Gasteiger charge is -2.60. The number of hydrogen-bond donors (Lipinski definition) is 1. The Morgan fingerprint density at radius 2 is 2.22 bits per heavy atom. The van der Waals surface area contributed by atoms with E-state index in [-0.39, 0.29) is 28.0 Å². The van der Waals surface area contributed by atoms with Crippen molar-refractivity contribution in [1.29, 1.82) is 0 Å². The van der Waals surface area contributed by atoms with Crippen LogP contribution >= 0.6 is 0 Å². The summed E-state index contributed by atoms with van der Waals surface area (Å²) in [5.74, 6) is 0. The summed E-state index contributed by atoms with van der Waals surface area (Å²) < 4.78 is 38.8. The van der Waals surface area contributed by atoms with E-state index >= 15 is 0 Å². The molecular weight excluding hydrogens is 318 g/mol. The molecule has 0 aliphatic heterocycles. The first-order valence-electron chi connectivity index (χ1n) is 7.92. The number of hydrogen-bond acceptors (Lipinski definition) is 6. The van der Waals surface area contributed by atoms with Crippen molar-refractivity contribution in [2.24, 2.45) is 5.41 Å². The zero-order valence-electron chi connectivity index (χ0n) is 12.9. The smallest absolute Gasteiger partial charge is 0.243 e. The van der Waals surface area contributed by atoms with E-state index in [1.807, 2.05) is 6.92 Å². The molecule has 2 fully saturated rings. The normalized spacial score (nSPS) is 26.1. The fourth-order valence-electron chi connectivity index (χ4n) is 3.85. The Bertz CT molecular complexity index is 828. The molecule has 0 bridgehead atoms. The molecule has 1 heterocycles. The number of ether oxygens (including phenoxy) is 1. The van der Waals surface area contributed by atoms with Gasteiger partial charge in [-0.1, -0.05) is 12.5 Å². The van der Waals surface area contributed by atoms with E-state index in [1.165, 1.54) is 6.07 Å². The van der Waals surface area contributed by atoms with Crippen molar-refractivity contribution in [3.63, 3.8) is 0 Å². The predicted molar refractivity (Wildman–Crippen MR) is 82.2 cm³/mol. The maximum absolute atomic E-state index is 12.8. The van der Waals surface area contributed by atoms with E-state index in [4.69, 9.17) is 4.74 Å². The van der Waals surface area contributed by atoms with Crippen LogP contribution in [-0.4, -0.2) is 37.5 Å². The second kappa shape index (κ2) is 5.25. The Hall–Kier alpha value is -1.51. The van der Waals surface area contributed by atoms with Gasteiger partial charge in [0.25, 0.3) is 0 Å². The molecule has 2 saturated carbocycles. The Morgan fingerprint density at radius 3 is 2.91 bits per heavy atom. The number of aromatic nitrogens is 2. The summed E-state index contributed by atoms with van der Waals surface area (Å²) in [7, 11) is -3.67. The van der Waals surface area contributed by atoms with E-state index in [2.05, 4.69) is 19.7 Å². The SMILES string of the molecule is CCO[C@@H]1C[C@@H](NS(=O)(=O)c2cccc3nonc23)C12CCC2. The molecule has 0 amide bonds. The molecule has 1 N–H and O–H groups in total. The minimum atomic E-state index is -3.67. The maximum Gasteiger partial charge on any atom is 0.243 e. The van der Waals surface area contributed by atoms with Crippen molar-refractivity contribution in [1.82, 2.24) is 15.0 Å². The van der Waals surface area contributed by atoms with E-state index in [0.717, 1.165) is 25.7 Å². The van der Waals surface area contributed by atoms with E-state index in [0.29, 0.717) is 12.1 Å². The zero-order chi connectivity index (χ0) is 16.1. The number of nitrogens with zero attached hydrogens (tertiary/aromatic N) is 2. The number of rotatable bonds is 5. The molecular formula is C15H19N3O4S. The van der Waals surface area contributed by atoms with Crippen LogP contribution in [0.25, 0.3) is 11.0 Å². The molecule has 0 radical (unpaired) electrons. The summed E-state index contributed by atoms with van der Waals surface area (Å²) in [6, 6.07) is 4.77. The molecule has 1 aromatic heterocycles. The van der Waals surface area contributed by atoms with Gasteiger partial charge in [-0.15, -0.1) is 0 Å². The Labute approximate surface area is 134 Å². The van der Waals surface area contributed by atoms with Gasteiger partial charge in [0.1, 0.15) is 10.4 Å². The van der Waals surface area contributed by atoms with Gasteiger partial charge in [0, 0.05) is 18.1 Å². The van der Waals surface area contributed by atoms with Gasteiger partial charge in [-0.3, -0.25) is 0 Å². The molecule has 2 atom stereocenters. The van der Waals surface area contributed by atoms with Gasteiger partial charge in [-0.25, -0.2) is 17.8 Å². The fourth-order valence-corrected chi connectivity index (χ4v) is 5.34. The highest BCUT2D eigenvalue weighted by molar-refractivity contribution is 7.89. The zero-order valence-corrected chi connectivity index (χ0v) is 13.7. The summed E-state index contributed by atoms with van der Waals surface area (Å²) in [6.07, 6.45) is 4.05. The number of benzene rings is 1. The van der Waals surface area contributed by atoms with E-state index < -0.39 is 10.0 Å². The minimum Gasteiger partial charge on any atom is -0.378 e. The monoisotopic (exact) mass is 337 g/mol. The Balaban J connectivity index is 1.60. The number of nitrogens with one attached hydrogen (secondary N) is 1. The summed E-state index contributed by atoms with van der Waals surface area (Å²) in [4.78, 5) is 0.116. The fraction of sp³-hybridized carbons (Fsp3) is 0.600. The highest BCUT2D eigenvalue weighted by atomic mass is 32.2. The third-order valence-electron chi connectivity index (χ3n) is 5.27. The third-order valence-corrected chi connectivity index (χ3v) is 6.78. The molecule has 124 valence electrons. The van der Waals surface area contributed by atoms with Gasteiger partial charge in [0.2, 0.25) is 10.0 Å². The topological polar surface area (TPSA) is 94.3 Å². The average Bonchev–Trinajstić information content (AvgIpc) is 2.92. The van der Waals surface area contributed by atoms with Crippen LogP contribution in [0, 0.1) is 5.41 Å². The molecule has 2 aliphatic carbocycles. The molecule has 23 heavy (non-hydrogen) atoms. The average molecular weight is 337 g/mol. The van der Waals surface area contributed by atoms with Crippen molar-refractivity contribution in [3.05, 3.63) is 18.2 Å². The lowest BCUT2D eigenvalue weighted by Crippen LogP contribution is -2.67. The van der Waals surface area contributed by atoms with Crippen LogP contribution in [0.3, 0.4) is 0 Å². The molecule has 0 saturated heterocycles. The Morgan fingerprint density at radius 1 is 1.39 bits per heavy atom. The second-order valence-electron chi connectivity index (χ2n) is 6.33. The van der Waals surface area contributed by atoms with Crippen molar-refractivity contribution < 1.29 is 17.8 Å². The Kier molecular flexibility index (Phi) is 3.44. The second-order valence-corrected chi connectivity index (χ2v) is 8.01. The van der Waals surface area contributed by atoms with E-state index in [1.54, 1.807) is 12.1 Å². The quantitative estimate of drug-likeness (QED) is 0.895. The van der Waals surface area contributed by atoms with Gasteiger partial charge in [0.15, 0.2) is 5.52 Å². The molecule has 8 heteroatoms. The standard InChI is InChI=1S/C15H19N3O4S/c1-2-21-13-9-12(15(13)7-4-8-15)18-23(19,20)11-6-3-5-10-14(11)17-22-16-10/h3,5-6,12-13,18H,2,4,7-9H2,1H3/t12-,13-/m1/s1. The van der Waals surface area contributed by atoms with Crippen LogP contribution in [0.15, 0.2) is 27.7 Å². The minimum absolute atomic E-state index is 0.0287. The number of fused-ring (bicyclic) bond motifs is 1. The van der Waals surface area contributed by atoms with Crippen molar-refractivity contribution >= 4 is 21.1 Å². The lowest BCUT2D eigenvalue weighted by molar-refractivity contribution is -0.167. The number of sulfonamides is 1. The third kappa shape index (κ3) is 2.20. The molecule has 2 aromatic rings. The molecule has 4 rings (SSSR count). The molecule has 0 unspecified atom stereocenters. The van der Waals surface area contributed by atoms with E-state index in [9.17, 15) is 8.42 Å². The van der Waals surface area contributed by atoms with Gasteiger partial charge in [-0.2, -0.15) is 0 Å². The van der Waals surface area contributed by atoms with Gasteiger partial charge in [0.05, 0.1) is 6.10 Å². The van der Waals surface area contributed by atoms with Crippen LogP contribution in [0.5, 0.6) is 0 Å². The first kappa shape index (κ1) is 15.0. The van der Waals surface area contributed by atoms with Crippen LogP contribution in [0.1, 0.15) is 32.6 Å². The first-order chi connectivity index (χ1) is 11.1. The van der Waals surface area contributed by atoms with Gasteiger partial charge >= 0.3 is 0 Å². The molecule has 1 spiro atoms. The highest BCUT2D eigenvalue weighted by Gasteiger charge is 2.59. The van der Waals surface area contributed by atoms with Crippen molar-refractivity contribution in [3.8, 4) is 0 Å². The molecule has 7 nitrogen and oxygen atoms in total. The van der Waals surface area contributed by atoms with Crippen LogP contribution in [-0.2, 0) is 14.8 Å². The summed E-state index contributed by atoms with van der Waals surface area (Å²) in [6.45, 7) is 2.64. The van der Waals surface area contributed by atoms with Crippen LogP contribution < -0.4 is 4.72 Å². The van der Waals surface area contributed by atoms with Crippen LogP contribution in [0.2, 0.25) is 0 Å². The maximum atomic E-state index is 12.8. The van der Waals surface area contributed by atoms with Gasteiger partial charge in [-0.05, 0) is 48.6 Å². The van der Waals surface area contributed by atoms with Crippen molar-refractivity contribution in [2.45, 2.75) is 49.6 Å². The highest BCUT2D eigenvalue weighted by Crippen LogP contribution is 2.57.